The normalized spacial score (nSPS) is 36.5. The van der Waals surface area contributed by atoms with Crippen molar-refractivity contribution < 1.29 is 8.85 Å². The van der Waals surface area contributed by atoms with Crippen molar-refractivity contribution in [2.75, 3.05) is 20.2 Å². The lowest BCUT2D eigenvalue weighted by molar-refractivity contribution is 0.0329. The van der Waals surface area contributed by atoms with Gasteiger partial charge in [-0.15, -0.1) is 0 Å². The minimum absolute atomic E-state index is 0.109. The van der Waals surface area contributed by atoms with Crippen LogP contribution >= 0.6 is 0 Å². The van der Waals surface area contributed by atoms with Crippen LogP contribution in [0, 0.1) is 0 Å². The molecule has 1 aliphatic rings. The number of methoxy groups -OCH3 is 1. The third-order valence-electron chi connectivity index (χ3n) is 2.81. The van der Waals surface area contributed by atoms with E-state index in [-0.39, 0.29) is 5.54 Å². The third-order valence-corrected chi connectivity index (χ3v) is 2.81. The molecule has 0 aliphatic carbocycles. The highest BCUT2D eigenvalue weighted by Crippen LogP contribution is 2.30. The van der Waals surface area contributed by atoms with Gasteiger partial charge in [-0.25, -0.2) is 0 Å². The monoisotopic (exact) mass is 174 g/mol. The lowest BCUT2D eigenvalue weighted by atomic mass is 9.99. The van der Waals surface area contributed by atoms with Gasteiger partial charge >= 0.3 is 0 Å². The Labute approximate surface area is 80.1 Å². The van der Waals surface area contributed by atoms with Crippen LogP contribution in [0.5, 0.6) is 0 Å². The molecule has 0 aromatic heterocycles. The average Bonchev–Trinajstić information content (AvgIpc) is 2.44. The Kier molecular flexibility index (Phi) is 2.00. The van der Waals surface area contributed by atoms with Crippen molar-refractivity contribution in [1.82, 2.24) is 4.90 Å². The maximum atomic E-state index is 7.05. The molecule has 0 saturated carbocycles. The molecule has 0 bridgehead atoms. The van der Waals surface area contributed by atoms with E-state index in [0.29, 0.717) is 12.6 Å². The van der Waals surface area contributed by atoms with E-state index in [1.807, 2.05) is 0 Å². The summed E-state index contributed by atoms with van der Waals surface area (Å²) in [6.45, 7) is 7.70. The van der Waals surface area contributed by atoms with Crippen LogP contribution in [-0.2, 0) is 4.74 Å². The molecule has 1 heterocycles. The first-order chi connectivity index (χ1) is 6.75. The zero-order valence-corrected chi connectivity index (χ0v) is 8.26. The predicted octanol–water partition coefficient (Wildman–Crippen LogP) is 1.90. The van der Waals surface area contributed by atoms with Gasteiger partial charge in [0, 0.05) is 18.6 Å². The SMILES string of the molecule is [2H]C([2H])([2H])OCC1(C)CCCN1C(C)C. The van der Waals surface area contributed by atoms with E-state index in [1.165, 1.54) is 0 Å². The van der Waals surface area contributed by atoms with E-state index in [0.717, 1.165) is 19.4 Å². The summed E-state index contributed by atoms with van der Waals surface area (Å²) < 4.78 is 26.1. The molecule has 1 saturated heterocycles. The van der Waals surface area contributed by atoms with Crippen molar-refractivity contribution in [2.24, 2.45) is 0 Å². The summed E-state index contributed by atoms with van der Waals surface area (Å²) in [6, 6.07) is 0.442. The van der Waals surface area contributed by atoms with Crippen LogP contribution in [-0.4, -0.2) is 36.7 Å². The fourth-order valence-electron chi connectivity index (χ4n) is 2.24. The average molecular weight is 174 g/mol. The molecular weight excluding hydrogens is 150 g/mol. The first-order valence-electron chi connectivity index (χ1n) is 6.15. The summed E-state index contributed by atoms with van der Waals surface area (Å²) in [6.07, 6.45) is 2.14. The summed E-state index contributed by atoms with van der Waals surface area (Å²) in [5.41, 5.74) is -0.109. The van der Waals surface area contributed by atoms with Crippen molar-refractivity contribution in [2.45, 2.75) is 45.2 Å². The number of rotatable bonds is 3. The molecule has 0 spiro atoms. The van der Waals surface area contributed by atoms with Crippen LogP contribution in [0.2, 0.25) is 0 Å². The maximum absolute atomic E-state index is 7.05. The number of hydrogen-bond donors (Lipinski definition) is 0. The summed E-state index contributed by atoms with van der Waals surface area (Å²) in [7, 11) is -2.27. The Bertz CT molecular complexity index is 217. The lowest BCUT2D eigenvalue weighted by Crippen LogP contribution is -2.48. The van der Waals surface area contributed by atoms with Crippen LogP contribution in [0.3, 0.4) is 0 Å². The van der Waals surface area contributed by atoms with E-state index in [4.69, 9.17) is 8.85 Å². The second-order valence-electron chi connectivity index (χ2n) is 4.18. The molecule has 1 unspecified atom stereocenters. The lowest BCUT2D eigenvalue weighted by Gasteiger charge is -2.37. The van der Waals surface area contributed by atoms with E-state index in [2.05, 4.69) is 25.7 Å². The predicted molar refractivity (Wildman–Crippen MR) is 51.4 cm³/mol. The molecule has 1 atom stereocenters. The number of likely N-dealkylation sites (tertiary alicyclic amines) is 1. The molecule has 0 radical (unpaired) electrons. The summed E-state index contributed by atoms with van der Waals surface area (Å²) in [5, 5.41) is 0. The summed E-state index contributed by atoms with van der Waals surface area (Å²) >= 11 is 0. The van der Waals surface area contributed by atoms with Crippen LogP contribution in [0.4, 0.5) is 0 Å². The van der Waals surface area contributed by atoms with Gasteiger partial charge in [0.15, 0.2) is 0 Å². The Morgan fingerprint density at radius 3 is 3.00 bits per heavy atom. The maximum Gasteiger partial charge on any atom is 0.0644 e. The van der Waals surface area contributed by atoms with Gasteiger partial charge < -0.3 is 4.74 Å². The van der Waals surface area contributed by atoms with Gasteiger partial charge in [0.2, 0.25) is 0 Å². The van der Waals surface area contributed by atoms with Crippen molar-refractivity contribution in [3.63, 3.8) is 0 Å². The van der Waals surface area contributed by atoms with Crippen molar-refractivity contribution in [3.05, 3.63) is 0 Å². The Balaban J connectivity index is 2.57. The smallest absolute Gasteiger partial charge is 0.0644 e. The minimum atomic E-state index is -2.27. The highest BCUT2D eigenvalue weighted by atomic mass is 16.5. The first kappa shape index (κ1) is 6.39. The summed E-state index contributed by atoms with van der Waals surface area (Å²) in [4.78, 5) is 2.33. The molecule has 1 aliphatic heterocycles. The molecule has 0 N–H and O–H groups in total. The van der Waals surface area contributed by atoms with Crippen LogP contribution in [0.15, 0.2) is 0 Å². The van der Waals surface area contributed by atoms with Gasteiger partial charge in [0.1, 0.15) is 0 Å². The topological polar surface area (TPSA) is 12.5 Å². The summed E-state index contributed by atoms with van der Waals surface area (Å²) in [5.74, 6) is 0. The van der Waals surface area contributed by atoms with Gasteiger partial charge in [0.05, 0.1) is 10.7 Å². The van der Waals surface area contributed by atoms with Gasteiger partial charge in [-0.05, 0) is 40.2 Å². The Hall–Kier alpha value is -0.0800. The van der Waals surface area contributed by atoms with Gasteiger partial charge in [0.25, 0.3) is 0 Å². The fourth-order valence-corrected chi connectivity index (χ4v) is 2.24. The van der Waals surface area contributed by atoms with Crippen LogP contribution in [0.1, 0.15) is 37.7 Å². The molecule has 1 fully saturated rings. The van der Waals surface area contributed by atoms with Gasteiger partial charge in [-0.3, -0.25) is 4.90 Å². The van der Waals surface area contributed by atoms with E-state index >= 15 is 0 Å². The molecule has 12 heavy (non-hydrogen) atoms. The van der Waals surface area contributed by atoms with Crippen molar-refractivity contribution in [1.29, 1.82) is 0 Å². The highest BCUT2D eigenvalue weighted by molar-refractivity contribution is 4.93. The molecule has 0 aromatic rings. The molecule has 1 rings (SSSR count). The van der Waals surface area contributed by atoms with Crippen LogP contribution in [0.25, 0.3) is 0 Å². The first-order valence-corrected chi connectivity index (χ1v) is 4.65. The Morgan fingerprint density at radius 2 is 2.42 bits per heavy atom. The minimum Gasteiger partial charge on any atom is -0.383 e. The zero-order valence-electron chi connectivity index (χ0n) is 11.3. The Morgan fingerprint density at radius 1 is 1.67 bits per heavy atom. The second kappa shape index (κ2) is 3.75. The fraction of sp³-hybridized carbons (Fsp3) is 1.00. The molecule has 0 amide bonds. The quantitative estimate of drug-likeness (QED) is 0.648. The van der Waals surface area contributed by atoms with Gasteiger partial charge in [-0.1, -0.05) is 0 Å². The number of hydrogen-bond acceptors (Lipinski definition) is 2. The third kappa shape index (κ3) is 1.80. The highest BCUT2D eigenvalue weighted by Gasteiger charge is 2.37. The van der Waals surface area contributed by atoms with Crippen molar-refractivity contribution in [3.8, 4) is 0 Å². The number of ether oxygens (including phenoxy) is 1. The standard InChI is InChI=1S/C10H21NO/c1-9(2)11-7-5-6-10(11,3)8-12-4/h9H,5-8H2,1-4H3/i4D3. The molecule has 0 aromatic carbocycles. The van der Waals surface area contributed by atoms with E-state index in [9.17, 15) is 0 Å². The molecule has 72 valence electrons. The number of nitrogens with zero attached hydrogens (tertiary/aromatic N) is 1. The van der Waals surface area contributed by atoms with E-state index < -0.39 is 7.04 Å². The zero-order chi connectivity index (χ0) is 11.7. The largest absolute Gasteiger partial charge is 0.383 e. The molecule has 2 nitrogen and oxygen atoms in total. The van der Waals surface area contributed by atoms with Crippen LogP contribution < -0.4 is 0 Å². The molecular formula is C10H21NO. The van der Waals surface area contributed by atoms with Crippen molar-refractivity contribution >= 4 is 0 Å². The molecule has 2 heteroatoms. The van der Waals surface area contributed by atoms with Gasteiger partial charge in [-0.2, -0.15) is 0 Å². The second-order valence-corrected chi connectivity index (χ2v) is 4.18. The van der Waals surface area contributed by atoms with E-state index in [1.54, 1.807) is 0 Å².